The number of esters is 4. The highest BCUT2D eigenvalue weighted by atomic mass is 31.2. The van der Waals surface area contributed by atoms with Gasteiger partial charge in [-0.25, -0.2) is 9.13 Å². The Balaban J connectivity index is 5.23. The lowest BCUT2D eigenvalue weighted by Gasteiger charge is -2.21. The molecular weight excluding hydrogens is 1310 g/mol. The number of ether oxygens (including phenoxy) is 4. The first-order valence-electron chi connectivity index (χ1n) is 42.1. The van der Waals surface area contributed by atoms with Gasteiger partial charge in [0.05, 0.1) is 26.4 Å². The van der Waals surface area contributed by atoms with Crippen molar-refractivity contribution < 1.29 is 80.2 Å². The first-order chi connectivity index (χ1) is 48.4. The first kappa shape index (κ1) is 98.1. The van der Waals surface area contributed by atoms with Gasteiger partial charge in [-0.05, 0) is 37.5 Å². The molecule has 19 heteroatoms. The number of carbonyl (C=O) groups is 4. The van der Waals surface area contributed by atoms with Crippen LogP contribution in [0.5, 0.6) is 0 Å². The molecule has 0 aromatic carbocycles. The normalized spacial score (nSPS) is 14.4. The molecule has 0 aliphatic heterocycles. The predicted octanol–water partition coefficient (Wildman–Crippen LogP) is 24.3. The first-order valence-corrected chi connectivity index (χ1v) is 45.1. The van der Waals surface area contributed by atoms with Crippen LogP contribution in [0.4, 0.5) is 0 Å². The Bertz CT molecular complexity index is 1930. The molecule has 0 spiro atoms. The molecule has 0 aromatic heterocycles. The molecule has 0 aliphatic rings. The maximum Gasteiger partial charge on any atom is 0.472 e. The average molecular weight is 1470 g/mol. The molecule has 0 aromatic rings. The van der Waals surface area contributed by atoms with Crippen molar-refractivity contribution in [1.82, 2.24) is 0 Å². The van der Waals surface area contributed by atoms with Crippen molar-refractivity contribution in [3.63, 3.8) is 0 Å². The number of aliphatic hydroxyl groups excluding tert-OH is 1. The van der Waals surface area contributed by atoms with E-state index in [1.807, 2.05) is 0 Å². The SMILES string of the molecule is CCCCCCCCCCCCCCCCCC(=O)O[C@H](COC(=O)CCCCCCCCCCC)COP(=O)(O)OC[C@H](O)COP(=O)(O)OC[C@@H](COC(=O)CCCCCCCCCCCCCCCCC(C)CC)OC(=O)CCCCCCCCCCCCCCCCC(C)CC. The fourth-order valence-corrected chi connectivity index (χ4v) is 14.1. The Morgan fingerprint density at radius 2 is 0.480 bits per heavy atom. The zero-order valence-electron chi connectivity index (χ0n) is 65.5. The van der Waals surface area contributed by atoms with E-state index in [0.29, 0.717) is 25.7 Å². The van der Waals surface area contributed by atoms with Gasteiger partial charge in [0.1, 0.15) is 19.3 Å². The Hall–Kier alpha value is -1.94. The molecule has 0 heterocycles. The van der Waals surface area contributed by atoms with E-state index >= 15 is 0 Å². The van der Waals surface area contributed by atoms with Crippen LogP contribution in [0, 0.1) is 11.8 Å². The highest BCUT2D eigenvalue weighted by molar-refractivity contribution is 7.47. The van der Waals surface area contributed by atoms with E-state index in [4.69, 9.17) is 37.0 Å². The van der Waals surface area contributed by atoms with Crippen LogP contribution in [0.2, 0.25) is 0 Å². The van der Waals surface area contributed by atoms with Crippen molar-refractivity contribution in [1.29, 1.82) is 0 Å². The minimum absolute atomic E-state index is 0.108. The molecule has 0 amide bonds. The molecule has 0 aliphatic carbocycles. The molecule has 0 saturated heterocycles. The Morgan fingerprint density at radius 3 is 0.710 bits per heavy atom. The van der Waals surface area contributed by atoms with Crippen LogP contribution in [0.1, 0.15) is 427 Å². The van der Waals surface area contributed by atoms with E-state index in [-0.39, 0.29) is 25.7 Å². The third-order valence-electron chi connectivity index (χ3n) is 19.7. The largest absolute Gasteiger partial charge is 0.472 e. The fraction of sp³-hybridized carbons (Fsp3) is 0.951. The third kappa shape index (κ3) is 71.7. The van der Waals surface area contributed by atoms with Crippen molar-refractivity contribution in [3.05, 3.63) is 0 Å². The van der Waals surface area contributed by atoms with Gasteiger partial charge in [-0.2, -0.15) is 0 Å². The number of hydrogen-bond donors (Lipinski definition) is 3. The Morgan fingerprint density at radius 1 is 0.280 bits per heavy atom. The number of rotatable bonds is 80. The van der Waals surface area contributed by atoms with Crippen LogP contribution in [-0.4, -0.2) is 96.7 Å². The summed E-state index contributed by atoms with van der Waals surface area (Å²) in [5.41, 5.74) is 0. The summed E-state index contributed by atoms with van der Waals surface area (Å²) in [5.74, 6) is -0.412. The molecule has 0 rings (SSSR count). The molecule has 0 bridgehead atoms. The highest BCUT2D eigenvalue weighted by Crippen LogP contribution is 2.45. The maximum absolute atomic E-state index is 13.1. The monoisotopic (exact) mass is 1470 g/mol. The molecule has 4 unspecified atom stereocenters. The number of carbonyl (C=O) groups excluding carboxylic acids is 4. The molecule has 0 saturated carbocycles. The van der Waals surface area contributed by atoms with E-state index in [9.17, 15) is 43.2 Å². The van der Waals surface area contributed by atoms with Crippen molar-refractivity contribution >= 4 is 39.5 Å². The average Bonchev–Trinajstić information content (AvgIpc) is 0.994. The Labute approximate surface area is 613 Å². The fourth-order valence-electron chi connectivity index (χ4n) is 12.5. The van der Waals surface area contributed by atoms with Gasteiger partial charge in [0.25, 0.3) is 0 Å². The van der Waals surface area contributed by atoms with Crippen LogP contribution in [0.3, 0.4) is 0 Å². The van der Waals surface area contributed by atoms with Crippen molar-refractivity contribution in [2.45, 2.75) is 445 Å². The lowest BCUT2D eigenvalue weighted by atomic mass is 9.99. The molecule has 17 nitrogen and oxygen atoms in total. The second-order valence-corrected chi connectivity index (χ2v) is 32.6. The number of phosphoric acid groups is 2. The molecule has 3 N–H and O–H groups in total. The maximum atomic E-state index is 13.1. The minimum atomic E-state index is -4.96. The molecule has 0 fully saturated rings. The molecular formula is C81H158O17P2. The standard InChI is InChI=1S/C81H158O17P2/c1-7-11-13-15-17-19-20-21-22-30-35-41-47-53-59-65-80(85)97-76(69-91-78(83)63-57-51-45-37-18-16-14-12-8-2)71-95-99(87,88)93-67-75(82)68-94-100(89,90)96-72-77(98-81(86)66-60-54-48-42-36-31-26-24-28-33-39-44-50-56-62-74(6)10-4)70-92-79(84)64-58-52-46-40-34-29-25-23-27-32-38-43-49-55-61-73(5)9-3/h73-77,82H,7-72H2,1-6H3,(H,87,88)(H,89,90)/t73?,74?,75-,76+,77+/m0/s1. The number of aliphatic hydroxyl groups is 1. The van der Waals surface area contributed by atoms with Gasteiger partial charge in [0.15, 0.2) is 12.2 Å². The van der Waals surface area contributed by atoms with Crippen LogP contribution in [0.25, 0.3) is 0 Å². The van der Waals surface area contributed by atoms with Crippen molar-refractivity contribution in [2.24, 2.45) is 11.8 Å². The van der Waals surface area contributed by atoms with Crippen LogP contribution < -0.4 is 0 Å². The van der Waals surface area contributed by atoms with Gasteiger partial charge in [0.2, 0.25) is 0 Å². The van der Waals surface area contributed by atoms with Gasteiger partial charge in [-0.1, -0.05) is 375 Å². The summed E-state index contributed by atoms with van der Waals surface area (Å²) in [5, 5.41) is 10.6. The molecule has 100 heavy (non-hydrogen) atoms. The van der Waals surface area contributed by atoms with Gasteiger partial charge in [-0.15, -0.1) is 0 Å². The Kier molecular flexibility index (Phi) is 71.2. The predicted molar refractivity (Wildman–Crippen MR) is 409 cm³/mol. The zero-order valence-corrected chi connectivity index (χ0v) is 67.3. The zero-order chi connectivity index (χ0) is 73.5. The summed E-state index contributed by atoms with van der Waals surface area (Å²) in [4.78, 5) is 73.0. The van der Waals surface area contributed by atoms with Gasteiger partial charge < -0.3 is 33.8 Å². The lowest BCUT2D eigenvalue weighted by Crippen LogP contribution is -2.30. The summed E-state index contributed by atoms with van der Waals surface area (Å²) in [6.45, 7) is 9.74. The molecule has 594 valence electrons. The smallest absolute Gasteiger partial charge is 0.462 e. The minimum Gasteiger partial charge on any atom is -0.462 e. The third-order valence-corrected chi connectivity index (χ3v) is 21.6. The van der Waals surface area contributed by atoms with E-state index in [0.717, 1.165) is 102 Å². The van der Waals surface area contributed by atoms with Crippen LogP contribution >= 0.6 is 15.6 Å². The highest BCUT2D eigenvalue weighted by Gasteiger charge is 2.30. The van der Waals surface area contributed by atoms with Crippen LogP contribution in [0.15, 0.2) is 0 Å². The quantitative estimate of drug-likeness (QED) is 0.0222. The molecule has 0 radical (unpaired) electrons. The lowest BCUT2D eigenvalue weighted by molar-refractivity contribution is -0.161. The molecule has 7 atom stereocenters. The summed E-state index contributed by atoms with van der Waals surface area (Å²) >= 11 is 0. The number of phosphoric ester groups is 2. The van der Waals surface area contributed by atoms with Gasteiger partial charge in [0, 0.05) is 25.7 Å². The number of hydrogen-bond acceptors (Lipinski definition) is 15. The van der Waals surface area contributed by atoms with Crippen LogP contribution in [-0.2, 0) is 65.4 Å². The topological polar surface area (TPSA) is 237 Å². The summed E-state index contributed by atoms with van der Waals surface area (Å²) in [6, 6.07) is 0. The summed E-state index contributed by atoms with van der Waals surface area (Å²) in [6.07, 6.45) is 62.2. The van der Waals surface area contributed by atoms with Gasteiger partial charge >= 0.3 is 39.5 Å². The van der Waals surface area contributed by atoms with E-state index in [2.05, 4.69) is 41.5 Å². The van der Waals surface area contributed by atoms with E-state index in [1.54, 1.807) is 0 Å². The summed E-state index contributed by atoms with van der Waals surface area (Å²) < 4.78 is 68.7. The van der Waals surface area contributed by atoms with Crippen molar-refractivity contribution in [3.8, 4) is 0 Å². The van der Waals surface area contributed by atoms with E-state index in [1.165, 1.54) is 244 Å². The number of unbranched alkanes of at least 4 members (excludes halogenated alkanes) is 48. The summed E-state index contributed by atoms with van der Waals surface area (Å²) in [7, 11) is -9.92. The van der Waals surface area contributed by atoms with E-state index < -0.39 is 97.5 Å². The second-order valence-electron chi connectivity index (χ2n) is 29.6. The van der Waals surface area contributed by atoms with Gasteiger partial charge in [-0.3, -0.25) is 37.3 Å². The second kappa shape index (κ2) is 72.6. The van der Waals surface area contributed by atoms with Crippen molar-refractivity contribution in [2.75, 3.05) is 39.6 Å².